The molecule has 0 aliphatic heterocycles. The SMILES string of the molecule is CCOC(=O)c1cc2cc(C3=CC(=O)c4ccccc4C3=O)cc(C(C)(C)C)c2oc1=O. The molecule has 0 spiro atoms. The highest BCUT2D eigenvalue weighted by Crippen LogP contribution is 2.35. The van der Waals surface area contributed by atoms with Crippen LogP contribution < -0.4 is 5.63 Å². The molecule has 0 saturated carbocycles. The summed E-state index contributed by atoms with van der Waals surface area (Å²) in [5.41, 5.74) is 1.03. The Bertz CT molecular complexity index is 1380. The third kappa shape index (κ3) is 3.58. The molecule has 1 aliphatic rings. The van der Waals surface area contributed by atoms with Gasteiger partial charge < -0.3 is 9.15 Å². The number of ether oxygens (including phenoxy) is 1. The average molecular weight is 430 g/mol. The standard InChI is InChI=1S/C26H22O6/c1-5-31-24(29)19-11-15-10-14(12-20(26(2,3)4)23(15)32-25(19)30)18-13-21(27)16-8-6-7-9-17(16)22(18)28/h6-13H,5H2,1-4H3. The van der Waals surface area contributed by atoms with Gasteiger partial charge in [0.2, 0.25) is 0 Å². The second-order valence-corrected chi connectivity index (χ2v) is 8.66. The normalized spacial score (nSPS) is 13.7. The Morgan fingerprint density at radius 3 is 2.34 bits per heavy atom. The Kier molecular flexibility index (Phi) is 5.17. The van der Waals surface area contributed by atoms with Gasteiger partial charge in [0.15, 0.2) is 11.6 Å². The number of fused-ring (bicyclic) bond motifs is 2. The highest BCUT2D eigenvalue weighted by molar-refractivity contribution is 6.38. The summed E-state index contributed by atoms with van der Waals surface area (Å²) in [6.07, 6.45) is 1.34. The van der Waals surface area contributed by atoms with E-state index in [0.717, 1.165) is 0 Å². The van der Waals surface area contributed by atoms with E-state index in [1.807, 2.05) is 20.8 Å². The van der Waals surface area contributed by atoms with Crippen molar-refractivity contribution in [2.75, 3.05) is 6.61 Å². The Balaban J connectivity index is 1.98. The van der Waals surface area contributed by atoms with Crippen LogP contribution in [0.1, 0.15) is 69.9 Å². The Labute approximate surface area is 184 Å². The number of Topliss-reactive ketones (excluding diaryl/α,β-unsaturated/α-hetero) is 1. The summed E-state index contributed by atoms with van der Waals surface area (Å²) < 4.78 is 10.5. The molecule has 4 rings (SSSR count). The van der Waals surface area contributed by atoms with Gasteiger partial charge >= 0.3 is 11.6 Å². The highest BCUT2D eigenvalue weighted by atomic mass is 16.5. The second kappa shape index (κ2) is 7.71. The molecule has 0 atom stereocenters. The fourth-order valence-corrected chi connectivity index (χ4v) is 3.83. The Hall–Kier alpha value is -3.80. The van der Waals surface area contributed by atoms with E-state index in [0.29, 0.717) is 33.2 Å². The molecule has 1 aromatic heterocycles. The predicted molar refractivity (Wildman–Crippen MR) is 120 cm³/mol. The molecule has 1 heterocycles. The number of benzene rings is 2. The van der Waals surface area contributed by atoms with Crippen molar-refractivity contribution in [1.29, 1.82) is 0 Å². The van der Waals surface area contributed by atoms with Crippen LogP contribution in [0.2, 0.25) is 0 Å². The summed E-state index contributed by atoms with van der Waals surface area (Å²) in [4.78, 5) is 50.6. The summed E-state index contributed by atoms with van der Waals surface area (Å²) >= 11 is 0. The number of hydrogen-bond donors (Lipinski definition) is 0. The fraction of sp³-hybridized carbons (Fsp3) is 0.231. The predicted octanol–water partition coefficient (Wildman–Crippen LogP) is 4.73. The first kappa shape index (κ1) is 21.4. The number of carbonyl (C=O) groups is 3. The third-order valence-electron chi connectivity index (χ3n) is 5.40. The molecule has 32 heavy (non-hydrogen) atoms. The topological polar surface area (TPSA) is 90.7 Å². The molecule has 6 heteroatoms. The van der Waals surface area contributed by atoms with Crippen LogP contribution in [-0.2, 0) is 10.2 Å². The van der Waals surface area contributed by atoms with Crippen molar-refractivity contribution in [2.24, 2.45) is 0 Å². The van der Waals surface area contributed by atoms with Crippen molar-refractivity contribution in [3.05, 3.63) is 86.8 Å². The fourth-order valence-electron chi connectivity index (χ4n) is 3.83. The van der Waals surface area contributed by atoms with Gasteiger partial charge in [-0.25, -0.2) is 9.59 Å². The molecule has 0 bridgehead atoms. The molecular weight excluding hydrogens is 408 g/mol. The van der Waals surface area contributed by atoms with E-state index in [2.05, 4.69) is 0 Å². The first-order valence-electron chi connectivity index (χ1n) is 10.3. The number of ketones is 2. The van der Waals surface area contributed by atoms with Gasteiger partial charge in [0, 0.05) is 27.6 Å². The number of carbonyl (C=O) groups excluding carboxylic acids is 3. The zero-order valence-electron chi connectivity index (χ0n) is 18.3. The molecule has 0 unspecified atom stereocenters. The minimum Gasteiger partial charge on any atom is -0.462 e. The van der Waals surface area contributed by atoms with Crippen LogP contribution in [0.4, 0.5) is 0 Å². The van der Waals surface area contributed by atoms with Crippen molar-refractivity contribution in [3.63, 3.8) is 0 Å². The van der Waals surface area contributed by atoms with Gasteiger partial charge in [0.25, 0.3) is 0 Å². The molecule has 162 valence electrons. The summed E-state index contributed by atoms with van der Waals surface area (Å²) in [6, 6.07) is 11.5. The lowest BCUT2D eigenvalue weighted by molar-refractivity contribution is 0.0521. The number of hydrogen-bond acceptors (Lipinski definition) is 6. The zero-order chi connectivity index (χ0) is 23.2. The van der Waals surface area contributed by atoms with E-state index in [9.17, 15) is 19.2 Å². The van der Waals surface area contributed by atoms with Crippen LogP contribution in [0.3, 0.4) is 0 Å². The molecule has 1 aliphatic carbocycles. The molecule has 0 saturated heterocycles. The van der Waals surface area contributed by atoms with Gasteiger partial charge in [-0.2, -0.15) is 0 Å². The molecular formula is C26H22O6. The van der Waals surface area contributed by atoms with Crippen LogP contribution in [0, 0.1) is 0 Å². The number of allylic oxidation sites excluding steroid dienone is 2. The van der Waals surface area contributed by atoms with Crippen LogP contribution in [-0.4, -0.2) is 24.1 Å². The smallest absolute Gasteiger partial charge is 0.351 e. The van der Waals surface area contributed by atoms with E-state index in [4.69, 9.17) is 9.15 Å². The lowest BCUT2D eigenvalue weighted by Crippen LogP contribution is -2.19. The number of esters is 1. The van der Waals surface area contributed by atoms with E-state index in [-0.39, 0.29) is 29.3 Å². The summed E-state index contributed by atoms with van der Waals surface area (Å²) in [5, 5.41) is 0.468. The molecule has 0 fully saturated rings. The quantitative estimate of drug-likeness (QED) is 0.441. The van der Waals surface area contributed by atoms with Crippen molar-refractivity contribution in [1.82, 2.24) is 0 Å². The monoisotopic (exact) mass is 430 g/mol. The maximum atomic E-state index is 13.2. The van der Waals surface area contributed by atoms with Crippen LogP contribution >= 0.6 is 0 Å². The first-order valence-corrected chi connectivity index (χ1v) is 10.3. The summed E-state index contributed by atoms with van der Waals surface area (Å²) in [6.45, 7) is 7.60. The first-order chi connectivity index (χ1) is 15.1. The second-order valence-electron chi connectivity index (χ2n) is 8.66. The molecule has 0 radical (unpaired) electrons. The van der Waals surface area contributed by atoms with E-state index in [1.165, 1.54) is 12.1 Å². The molecule has 0 N–H and O–H groups in total. The van der Waals surface area contributed by atoms with Crippen molar-refractivity contribution < 1.29 is 23.5 Å². The van der Waals surface area contributed by atoms with Gasteiger partial charge in [-0.1, -0.05) is 45.0 Å². The van der Waals surface area contributed by atoms with Crippen molar-refractivity contribution >= 4 is 34.1 Å². The highest BCUT2D eigenvalue weighted by Gasteiger charge is 2.29. The molecule has 2 aromatic carbocycles. The van der Waals surface area contributed by atoms with Crippen molar-refractivity contribution in [3.8, 4) is 0 Å². The maximum Gasteiger partial charge on any atom is 0.351 e. The lowest BCUT2D eigenvalue weighted by atomic mass is 9.81. The van der Waals surface area contributed by atoms with Gasteiger partial charge in [-0.3, -0.25) is 9.59 Å². The van der Waals surface area contributed by atoms with Gasteiger partial charge in [0.05, 0.1) is 6.61 Å². The molecule has 6 nitrogen and oxygen atoms in total. The zero-order valence-corrected chi connectivity index (χ0v) is 18.3. The Morgan fingerprint density at radius 2 is 1.69 bits per heavy atom. The lowest BCUT2D eigenvalue weighted by Gasteiger charge is -2.23. The minimum atomic E-state index is -0.786. The average Bonchev–Trinajstić information content (AvgIpc) is 2.74. The summed E-state index contributed by atoms with van der Waals surface area (Å²) in [7, 11) is 0. The van der Waals surface area contributed by atoms with E-state index in [1.54, 1.807) is 43.3 Å². The maximum absolute atomic E-state index is 13.2. The largest absolute Gasteiger partial charge is 0.462 e. The number of rotatable bonds is 3. The van der Waals surface area contributed by atoms with Gasteiger partial charge in [-0.05, 0) is 42.2 Å². The van der Waals surface area contributed by atoms with Crippen molar-refractivity contribution in [2.45, 2.75) is 33.1 Å². The van der Waals surface area contributed by atoms with Crippen LogP contribution in [0.25, 0.3) is 16.5 Å². The third-order valence-corrected chi connectivity index (χ3v) is 5.40. The van der Waals surface area contributed by atoms with Gasteiger partial charge in [-0.15, -0.1) is 0 Å². The van der Waals surface area contributed by atoms with Gasteiger partial charge in [0.1, 0.15) is 11.1 Å². The van der Waals surface area contributed by atoms with E-state index < -0.39 is 17.0 Å². The molecule has 3 aromatic rings. The van der Waals surface area contributed by atoms with Crippen LogP contribution in [0.5, 0.6) is 0 Å². The molecule has 0 amide bonds. The van der Waals surface area contributed by atoms with Crippen LogP contribution in [0.15, 0.2) is 57.8 Å². The van der Waals surface area contributed by atoms with E-state index >= 15 is 0 Å². The summed E-state index contributed by atoms with van der Waals surface area (Å²) in [5.74, 6) is -1.29. The Morgan fingerprint density at radius 1 is 1.00 bits per heavy atom. The minimum absolute atomic E-state index is 0.118.